The second kappa shape index (κ2) is 23.2. The summed E-state index contributed by atoms with van der Waals surface area (Å²) < 4.78 is 43.4. The van der Waals surface area contributed by atoms with Gasteiger partial charge in [0.25, 0.3) is 0 Å². The number of rotatable bonds is 16. The summed E-state index contributed by atoms with van der Waals surface area (Å²) in [6, 6.07) is 15.0. The molecule has 1 fully saturated rings. The molecule has 0 amide bonds. The number of morpholine rings is 1. The number of esters is 1. The van der Waals surface area contributed by atoms with Gasteiger partial charge >= 0.3 is 11.9 Å². The normalized spacial score (nSPS) is 17.4. The Morgan fingerprint density at radius 3 is 1.66 bits per heavy atom. The third-order valence-corrected chi connectivity index (χ3v) is 17.3. The second-order valence-electron chi connectivity index (χ2n) is 18.2. The highest BCUT2D eigenvalue weighted by Gasteiger charge is 2.39. The molecule has 366 valence electrons. The molecular formula is C49H66N4O10S4. The number of hydrogen-bond donors (Lipinski definition) is 2. The molecule has 2 atom stereocenters. The molecule has 2 aromatic carbocycles. The predicted molar refractivity (Wildman–Crippen MR) is 263 cm³/mol. The van der Waals surface area contributed by atoms with E-state index in [1.54, 1.807) is 27.9 Å². The Bertz CT molecular complexity index is 2490. The van der Waals surface area contributed by atoms with Crippen LogP contribution in [0.1, 0.15) is 105 Å². The number of fused-ring (bicyclic) bond motifs is 2. The summed E-state index contributed by atoms with van der Waals surface area (Å²) in [5.41, 5.74) is 4.39. The molecule has 2 aromatic heterocycles. The number of ether oxygens (including phenoxy) is 2. The van der Waals surface area contributed by atoms with Gasteiger partial charge in [-0.25, -0.2) is 17.0 Å². The van der Waals surface area contributed by atoms with Crippen LogP contribution in [0.15, 0.2) is 77.9 Å². The van der Waals surface area contributed by atoms with Crippen LogP contribution in [0.4, 0.5) is 0 Å². The molecule has 2 aliphatic carbocycles. The van der Waals surface area contributed by atoms with Crippen molar-refractivity contribution in [2.75, 3.05) is 52.6 Å². The fraction of sp³-hybridized carbons (Fsp3) is 0.510. The molecule has 1 aliphatic heterocycles. The summed E-state index contributed by atoms with van der Waals surface area (Å²) in [5, 5.41) is 18.6. The number of aliphatic carboxylic acids is 1. The van der Waals surface area contributed by atoms with Gasteiger partial charge in [0, 0.05) is 81.4 Å². The molecule has 0 spiro atoms. The monoisotopic (exact) mass is 998 g/mol. The summed E-state index contributed by atoms with van der Waals surface area (Å²) in [7, 11) is -2.57. The number of benzene rings is 2. The largest absolute Gasteiger partial charge is 0.480 e. The first kappa shape index (κ1) is 54.1. The zero-order valence-corrected chi connectivity index (χ0v) is 42.4. The van der Waals surface area contributed by atoms with E-state index in [2.05, 4.69) is 13.8 Å². The molecule has 2 unspecified atom stereocenters. The average molecular weight is 999 g/mol. The molecule has 2 N–H and O–H groups in total. The first-order chi connectivity index (χ1) is 31.3. The number of likely N-dealkylation sites (N-methyl/N-ethyl adjacent to an activating group) is 1. The summed E-state index contributed by atoms with van der Waals surface area (Å²) >= 11 is 2.96. The van der Waals surface area contributed by atoms with Gasteiger partial charge in [0.2, 0.25) is 0 Å². The van der Waals surface area contributed by atoms with Crippen molar-refractivity contribution in [1.29, 1.82) is 0 Å². The standard InChI is InChI=1S/C25H32N2O5S2.C23H30N2O5S2.CH4/c1-5-32-22(29)16-27-17(2)24(23-20(27)14-25(3,4)15-21(23)28)33-18-6-8-19(9-7-18)34(30)26-10-12-31-13-11-26;1-5-24(10-11-26)32(30)17-8-6-16(7-9-17)31-22-15(2)25(14-20(28)29)18-12-23(3,4)13-19(27)21(18)22;/h6-9H,5,10-16H2,1-4H3;6-9,26H,5,10-14H2,1-4H3,(H,28,29);1H4. The molecule has 3 heterocycles. The van der Waals surface area contributed by atoms with Gasteiger partial charge in [-0.2, -0.15) is 0 Å². The predicted octanol–water partition coefficient (Wildman–Crippen LogP) is 8.18. The van der Waals surface area contributed by atoms with Crippen molar-refractivity contribution >= 4 is 69.0 Å². The van der Waals surface area contributed by atoms with Gasteiger partial charge in [0.15, 0.2) is 11.6 Å². The summed E-state index contributed by atoms with van der Waals surface area (Å²) in [6.45, 7) is 19.3. The van der Waals surface area contributed by atoms with Crippen molar-refractivity contribution in [3.05, 3.63) is 82.4 Å². The molecule has 18 heteroatoms. The van der Waals surface area contributed by atoms with E-state index in [1.807, 2.05) is 79.9 Å². The van der Waals surface area contributed by atoms with E-state index in [4.69, 9.17) is 14.6 Å². The van der Waals surface area contributed by atoms with Crippen molar-refractivity contribution in [3.8, 4) is 0 Å². The van der Waals surface area contributed by atoms with Crippen LogP contribution < -0.4 is 0 Å². The van der Waals surface area contributed by atoms with E-state index >= 15 is 0 Å². The Balaban J connectivity index is 0.000000248. The minimum Gasteiger partial charge on any atom is -0.480 e. The topological polar surface area (TPSA) is 178 Å². The minimum atomic E-state index is -1.36. The van der Waals surface area contributed by atoms with E-state index in [9.17, 15) is 32.7 Å². The van der Waals surface area contributed by atoms with Crippen LogP contribution in [0.3, 0.4) is 0 Å². The zero-order valence-electron chi connectivity index (χ0n) is 39.1. The number of aromatic nitrogens is 2. The maximum Gasteiger partial charge on any atom is 0.325 e. The van der Waals surface area contributed by atoms with Crippen molar-refractivity contribution < 1.29 is 47.3 Å². The van der Waals surface area contributed by atoms with E-state index < -0.39 is 27.9 Å². The quantitative estimate of drug-likeness (QED) is 0.103. The Hall–Kier alpha value is -3.88. The maximum atomic E-state index is 13.2. The number of carbonyl (C=O) groups is 4. The first-order valence-electron chi connectivity index (χ1n) is 22.2. The molecule has 1 saturated heterocycles. The smallest absolute Gasteiger partial charge is 0.325 e. The molecule has 4 aromatic rings. The fourth-order valence-corrected chi connectivity index (χ4v) is 13.2. The van der Waals surface area contributed by atoms with Crippen molar-refractivity contribution in [2.24, 2.45) is 10.8 Å². The van der Waals surface area contributed by atoms with Gasteiger partial charge in [0.05, 0.1) is 47.3 Å². The van der Waals surface area contributed by atoms with Crippen molar-refractivity contribution in [1.82, 2.24) is 17.7 Å². The Morgan fingerprint density at radius 1 is 0.761 bits per heavy atom. The molecule has 3 aliphatic rings. The summed E-state index contributed by atoms with van der Waals surface area (Å²) in [5.74, 6) is -1.07. The van der Waals surface area contributed by atoms with Crippen molar-refractivity contribution in [2.45, 2.75) is 131 Å². The van der Waals surface area contributed by atoms with E-state index in [0.29, 0.717) is 75.7 Å². The number of aliphatic hydroxyl groups excluding tert-OH is 1. The lowest BCUT2D eigenvalue weighted by Crippen LogP contribution is -2.37. The molecule has 7 rings (SSSR count). The number of nitrogens with zero attached hydrogens (tertiary/aromatic N) is 4. The number of ketones is 2. The number of Topliss-reactive ketones (excluding diaryl/α,β-unsaturated/α-hetero) is 2. The molecule has 0 radical (unpaired) electrons. The number of aliphatic hydroxyl groups is 1. The molecule has 0 saturated carbocycles. The minimum absolute atomic E-state index is 0. The Labute approximate surface area is 408 Å². The maximum absolute atomic E-state index is 13.2. The van der Waals surface area contributed by atoms with Crippen molar-refractivity contribution in [3.63, 3.8) is 0 Å². The van der Waals surface area contributed by atoms with Gasteiger partial charge in [-0.1, -0.05) is 65.6 Å². The van der Waals surface area contributed by atoms with E-state index in [1.165, 1.54) is 23.5 Å². The third-order valence-electron chi connectivity index (χ3n) is 11.8. The highest BCUT2D eigenvalue weighted by molar-refractivity contribution is 7.99. The lowest BCUT2D eigenvalue weighted by atomic mass is 9.76. The molecule has 67 heavy (non-hydrogen) atoms. The SMILES string of the molecule is C.CCN(CCO)S(=O)c1ccc(Sc2c3c(n(CC(=O)O)c2C)CC(C)(C)CC3=O)cc1.CCOC(=O)Cn1c(C)c(Sc2ccc(S(=O)N3CCOCC3)cc2)c2c1CC(C)(C)CC2=O. The second-order valence-corrected chi connectivity index (χ2v) is 23.3. The van der Waals surface area contributed by atoms with Crippen LogP contribution in [-0.2, 0) is 67.0 Å². The highest BCUT2D eigenvalue weighted by Crippen LogP contribution is 2.46. The highest BCUT2D eigenvalue weighted by atomic mass is 32.2. The molecule has 0 bridgehead atoms. The lowest BCUT2D eigenvalue weighted by molar-refractivity contribution is -0.144. The Morgan fingerprint density at radius 2 is 1.22 bits per heavy atom. The van der Waals surface area contributed by atoms with Gasteiger partial charge in [-0.3, -0.25) is 19.2 Å². The number of carbonyl (C=O) groups excluding carboxylic acids is 3. The first-order valence-corrected chi connectivity index (χ1v) is 26.1. The van der Waals surface area contributed by atoms with Crippen LogP contribution in [-0.4, -0.2) is 112 Å². The Kier molecular flexibility index (Phi) is 18.7. The summed E-state index contributed by atoms with van der Waals surface area (Å²) in [4.78, 5) is 55.0. The van der Waals surface area contributed by atoms with Crippen LogP contribution in [0.2, 0.25) is 0 Å². The van der Waals surface area contributed by atoms with Crippen LogP contribution >= 0.6 is 23.5 Å². The van der Waals surface area contributed by atoms with Crippen LogP contribution in [0.25, 0.3) is 0 Å². The number of carboxylic acid groups (broad SMARTS) is 1. The summed E-state index contributed by atoms with van der Waals surface area (Å²) in [6.07, 6.45) is 2.29. The van der Waals surface area contributed by atoms with Crippen LogP contribution in [0, 0.1) is 24.7 Å². The average Bonchev–Trinajstić information content (AvgIpc) is 3.66. The van der Waals surface area contributed by atoms with Crippen LogP contribution in [0.5, 0.6) is 0 Å². The molecule has 14 nitrogen and oxygen atoms in total. The van der Waals surface area contributed by atoms with Gasteiger partial charge in [-0.05, 0) is 93.0 Å². The van der Waals surface area contributed by atoms with Gasteiger partial charge < -0.3 is 28.8 Å². The zero-order chi connectivity index (χ0) is 48.1. The lowest BCUT2D eigenvalue weighted by Gasteiger charge is -2.30. The third kappa shape index (κ3) is 12.9. The van der Waals surface area contributed by atoms with Gasteiger partial charge in [0.1, 0.15) is 35.1 Å². The molecular weight excluding hydrogens is 933 g/mol. The van der Waals surface area contributed by atoms with Gasteiger partial charge in [-0.15, -0.1) is 0 Å². The fourth-order valence-electron chi connectivity index (χ4n) is 8.68. The van der Waals surface area contributed by atoms with E-state index in [-0.39, 0.29) is 55.5 Å². The number of carboxylic acids is 1. The number of hydrogen-bond acceptors (Lipinski definition) is 11. The van der Waals surface area contributed by atoms with E-state index in [0.717, 1.165) is 59.2 Å².